The Bertz CT molecular complexity index is 714. The number of nitrogens with zero attached hydrogens (tertiary/aromatic N) is 3. The molecule has 0 radical (unpaired) electrons. The molecule has 8 heteroatoms. The summed E-state index contributed by atoms with van der Waals surface area (Å²) in [4.78, 5) is 32.9. The lowest BCUT2D eigenvalue weighted by molar-refractivity contribution is -0.137. The summed E-state index contributed by atoms with van der Waals surface area (Å²) in [5.41, 5.74) is 0.266. The van der Waals surface area contributed by atoms with E-state index in [4.69, 9.17) is 14.2 Å². The van der Waals surface area contributed by atoms with Crippen molar-refractivity contribution >= 4 is 12.0 Å². The monoisotopic (exact) mass is 375 g/mol. The van der Waals surface area contributed by atoms with Crippen molar-refractivity contribution in [2.45, 2.75) is 32.4 Å². The summed E-state index contributed by atoms with van der Waals surface area (Å²) in [6, 6.07) is 3.35. The van der Waals surface area contributed by atoms with Crippen molar-refractivity contribution < 1.29 is 23.8 Å². The van der Waals surface area contributed by atoms with Crippen LogP contribution < -0.4 is 0 Å². The van der Waals surface area contributed by atoms with Gasteiger partial charge >= 0.3 is 6.09 Å². The molecule has 1 atom stereocenters. The Kier molecular flexibility index (Phi) is 5.53. The summed E-state index contributed by atoms with van der Waals surface area (Å²) in [6.07, 6.45) is 4.34. The van der Waals surface area contributed by atoms with E-state index >= 15 is 0 Å². The van der Waals surface area contributed by atoms with Gasteiger partial charge in [-0.3, -0.25) is 9.78 Å². The zero-order valence-corrected chi connectivity index (χ0v) is 15.9. The van der Waals surface area contributed by atoms with Crippen LogP contribution in [0.4, 0.5) is 4.79 Å². The molecule has 3 rings (SSSR count). The van der Waals surface area contributed by atoms with Gasteiger partial charge in [0.15, 0.2) is 0 Å². The second kappa shape index (κ2) is 7.85. The van der Waals surface area contributed by atoms with Crippen molar-refractivity contribution in [3.63, 3.8) is 0 Å². The highest BCUT2D eigenvalue weighted by Crippen LogP contribution is 2.28. The van der Waals surface area contributed by atoms with E-state index in [-0.39, 0.29) is 23.8 Å². The van der Waals surface area contributed by atoms with Crippen LogP contribution in [0.5, 0.6) is 0 Å². The van der Waals surface area contributed by atoms with Gasteiger partial charge in [-0.15, -0.1) is 0 Å². The van der Waals surface area contributed by atoms with Crippen LogP contribution in [0.15, 0.2) is 36.5 Å². The molecule has 1 aromatic rings. The highest BCUT2D eigenvalue weighted by molar-refractivity contribution is 5.92. The van der Waals surface area contributed by atoms with Gasteiger partial charge in [0.1, 0.15) is 25.1 Å². The molecule has 8 nitrogen and oxygen atoms in total. The zero-order chi connectivity index (χ0) is 19.4. The van der Waals surface area contributed by atoms with Crippen LogP contribution in [0.25, 0.3) is 0 Å². The van der Waals surface area contributed by atoms with E-state index in [0.717, 1.165) is 5.56 Å². The first kappa shape index (κ1) is 19.0. The minimum Gasteiger partial charge on any atom is -0.494 e. The molecule has 0 N–H and O–H groups in total. The molecule has 3 heterocycles. The predicted octanol–water partition coefficient (Wildman–Crippen LogP) is 2.09. The van der Waals surface area contributed by atoms with Gasteiger partial charge in [-0.25, -0.2) is 4.79 Å². The number of carbonyl (C=O) groups is 2. The summed E-state index contributed by atoms with van der Waals surface area (Å²) in [5, 5.41) is 0. The zero-order valence-electron chi connectivity index (χ0n) is 15.9. The number of piperazine rings is 1. The van der Waals surface area contributed by atoms with Crippen LogP contribution in [-0.4, -0.2) is 65.2 Å². The average Bonchev–Trinajstić information content (AvgIpc) is 2.67. The van der Waals surface area contributed by atoms with Crippen LogP contribution in [0.2, 0.25) is 0 Å². The number of amides is 2. The van der Waals surface area contributed by atoms with Crippen LogP contribution >= 0.6 is 0 Å². The van der Waals surface area contributed by atoms with Gasteiger partial charge in [-0.2, -0.15) is 0 Å². The van der Waals surface area contributed by atoms with Crippen molar-refractivity contribution in [2.24, 2.45) is 0 Å². The first-order chi connectivity index (χ1) is 12.8. The molecule has 2 aliphatic rings. The number of hydrogen-bond donors (Lipinski definition) is 0. The van der Waals surface area contributed by atoms with Crippen molar-refractivity contribution in [3.8, 4) is 0 Å². The first-order valence-corrected chi connectivity index (χ1v) is 8.98. The third-order valence-electron chi connectivity index (χ3n) is 4.22. The lowest BCUT2D eigenvalue weighted by Gasteiger charge is -2.41. The van der Waals surface area contributed by atoms with E-state index in [0.29, 0.717) is 32.8 Å². The van der Waals surface area contributed by atoms with Gasteiger partial charge in [0.25, 0.3) is 5.91 Å². The molecule has 0 aromatic carbocycles. The Labute approximate surface area is 158 Å². The summed E-state index contributed by atoms with van der Waals surface area (Å²) < 4.78 is 16.1. The van der Waals surface area contributed by atoms with Crippen molar-refractivity contribution in [2.75, 3.05) is 32.8 Å². The molecule has 146 valence electrons. The molecule has 1 fully saturated rings. The lowest BCUT2D eigenvalue weighted by atomic mass is 10.0. The first-order valence-electron chi connectivity index (χ1n) is 8.98. The molecular formula is C19H25N3O5. The molecule has 1 saturated heterocycles. The predicted molar refractivity (Wildman–Crippen MR) is 96.5 cm³/mol. The number of ether oxygens (including phenoxy) is 3. The van der Waals surface area contributed by atoms with Gasteiger partial charge in [-0.05, 0) is 32.4 Å². The number of rotatable bonds is 2. The van der Waals surface area contributed by atoms with E-state index in [2.05, 4.69) is 4.98 Å². The van der Waals surface area contributed by atoms with Crippen molar-refractivity contribution in [1.29, 1.82) is 0 Å². The smallest absolute Gasteiger partial charge is 0.410 e. The summed E-state index contributed by atoms with van der Waals surface area (Å²) >= 11 is 0. The number of hydrogen-bond acceptors (Lipinski definition) is 6. The van der Waals surface area contributed by atoms with Gasteiger partial charge in [-0.1, -0.05) is 6.07 Å². The summed E-state index contributed by atoms with van der Waals surface area (Å²) in [7, 11) is 0. The van der Waals surface area contributed by atoms with E-state index in [9.17, 15) is 9.59 Å². The molecule has 1 aromatic heterocycles. The number of carbonyl (C=O) groups excluding carboxylic acids is 2. The Morgan fingerprint density at radius 3 is 2.70 bits per heavy atom. The maximum atomic E-state index is 12.9. The summed E-state index contributed by atoms with van der Waals surface area (Å²) in [5.74, 6) is -0.0757. The minimum absolute atomic E-state index is 0.181. The molecule has 0 saturated carbocycles. The molecule has 27 heavy (non-hydrogen) atoms. The standard InChI is InChI=1S/C19H25N3O5/c1-19(2,3)27-18(24)21-7-8-22(17(23)16-13-25-9-10-26-16)15(12-21)14-5-4-6-20-11-14/h4-6,11,13,15H,7-10,12H2,1-3H3/t15-/m0/s1. The Morgan fingerprint density at radius 1 is 1.26 bits per heavy atom. The fourth-order valence-corrected chi connectivity index (χ4v) is 3.00. The van der Waals surface area contributed by atoms with E-state index in [1.807, 2.05) is 32.9 Å². The van der Waals surface area contributed by atoms with Gasteiger partial charge in [0.05, 0.1) is 6.04 Å². The van der Waals surface area contributed by atoms with Crippen molar-refractivity contribution in [1.82, 2.24) is 14.8 Å². The highest BCUT2D eigenvalue weighted by atomic mass is 16.6. The van der Waals surface area contributed by atoms with Crippen LogP contribution in [0, 0.1) is 0 Å². The minimum atomic E-state index is -0.577. The van der Waals surface area contributed by atoms with Gasteiger partial charge in [0.2, 0.25) is 5.76 Å². The molecule has 0 spiro atoms. The average molecular weight is 375 g/mol. The number of aromatic nitrogens is 1. The maximum absolute atomic E-state index is 12.9. The third kappa shape index (κ3) is 4.69. The second-order valence-corrected chi connectivity index (χ2v) is 7.43. The second-order valence-electron chi connectivity index (χ2n) is 7.43. The molecule has 0 bridgehead atoms. The quantitative estimate of drug-likeness (QED) is 0.787. The third-order valence-corrected chi connectivity index (χ3v) is 4.22. The summed E-state index contributed by atoms with van der Waals surface area (Å²) in [6.45, 7) is 7.31. The van der Waals surface area contributed by atoms with Gasteiger partial charge < -0.3 is 24.0 Å². The fraction of sp³-hybridized carbons (Fsp3) is 0.526. The molecular weight excluding hydrogens is 350 g/mol. The number of pyridine rings is 1. The highest BCUT2D eigenvalue weighted by Gasteiger charge is 2.37. The molecule has 2 amide bonds. The Balaban J connectivity index is 1.81. The van der Waals surface area contributed by atoms with E-state index in [1.54, 1.807) is 22.2 Å². The Hall–Kier alpha value is -2.77. The van der Waals surface area contributed by atoms with E-state index < -0.39 is 5.60 Å². The van der Waals surface area contributed by atoms with Crippen LogP contribution in [-0.2, 0) is 19.0 Å². The SMILES string of the molecule is CC(C)(C)OC(=O)N1CCN(C(=O)C2=COCCO2)[C@H](c2cccnc2)C1. The van der Waals surface area contributed by atoms with E-state index in [1.165, 1.54) is 6.26 Å². The maximum Gasteiger partial charge on any atom is 0.410 e. The van der Waals surface area contributed by atoms with Gasteiger partial charge in [0, 0.05) is 32.0 Å². The largest absolute Gasteiger partial charge is 0.494 e. The van der Waals surface area contributed by atoms with Crippen LogP contribution in [0.1, 0.15) is 32.4 Å². The Morgan fingerprint density at radius 2 is 2.07 bits per heavy atom. The topological polar surface area (TPSA) is 81.2 Å². The lowest BCUT2D eigenvalue weighted by Crippen LogP contribution is -2.53. The normalized spacial score (nSPS) is 20.3. The molecule has 0 aliphatic carbocycles. The van der Waals surface area contributed by atoms with Crippen LogP contribution in [0.3, 0.4) is 0 Å². The molecule has 2 aliphatic heterocycles. The fourth-order valence-electron chi connectivity index (χ4n) is 3.00. The molecule has 0 unspecified atom stereocenters. The van der Waals surface area contributed by atoms with Crippen molar-refractivity contribution in [3.05, 3.63) is 42.1 Å².